The summed E-state index contributed by atoms with van der Waals surface area (Å²) in [5.41, 5.74) is 10.9. The molecule has 0 fully saturated rings. The second kappa shape index (κ2) is 11.5. The fourth-order valence-electron chi connectivity index (χ4n) is 7.07. The number of nitrogens with zero attached hydrogens (tertiary/aromatic N) is 2. The molecule has 50 heavy (non-hydrogen) atoms. The Morgan fingerprint density at radius 2 is 1.02 bits per heavy atom. The van der Waals surface area contributed by atoms with Crippen LogP contribution < -0.4 is 5.32 Å². The lowest BCUT2D eigenvalue weighted by Crippen LogP contribution is -2.33. The Bertz CT molecular complexity index is 2770. The van der Waals surface area contributed by atoms with Crippen molar-refractivity contribution in [2.24, 2.45) is 9.98 Å². The predicted molar refractivity (Wildman–Crippen MR) is 204 cm³/mol. The Kier molecular flexibility index (Phi) is 6.49. The van der Waals surface area contributed by atoms with Gasteiger partial charge in [0.25, 0.3) is 0 Å². The largest absolute Gasteiger partial charge is 0.456 e. The van der Waals surface area contributed by atoms with Crippen molar-refractivity contribution in [2.45, 2.75) is 6.17 Å². The van der Waals surface area contributed by atoms with Crippen LogP contribution in [-0.4, -0.2) is 11.7 Å². The summed E-state index contributed by atoms with van der Waals surface area (Å²) in [5, 5.41) is 7.84. The zero-order valence-corrected chi connectivity index (χ0v) is 26.9. The zero-order chi connectivity index (χ0) is 33.0. The highest BCUT2D eigenvalue weighted by Crippen LogP contribution is 2.38. The van der Waals surface area contributed by atoms with Crippen molar-refractivity contribution in [1.82, 2.24) is 5.32 Å². The van der Waals surface area contributed by atoms with E-state index in [2.05, 4.69) is 121 Å². The van der Waals surface area contributed by atoms with E-state index in [-0.39, 0.29) is 6.17 Å². The van der Waals surface area contributed by atoms with Crippen LogP contribution >= 0.6 is 0 Å². The minimum Gasteiger partial charge on any atom is -0.456 e. The van der Waals surface area contributed by atoms with Crippen LogP contribution in [-0.2, 0) is 0 Å². The summed E-state index contributed by atoms with van der Waals surface area (Å²) in [6, 6.07) is 56.4. The molecule has 5 nitrogen and oxygen atoms in total. The van der Waals surface area contributed by atoms with E-state index in [0.29, 0.717) is 5.84 Å². The van der Waals surface area contributed by atoms with E-state index in [4.69, 9.17) is 18.8 Å². The first-order valence-corrected chi connectivity index (χ1v) is 16.8. The van der Waals surface area contributed by atoms with Gasteiger partial charge in [-0.05, 0) is 64.2 Å². The molecular formula is C45H29N3O2. The molecule has 0 aliphatic carbocycles. The number of benzene rings is 7. The first-order chi connectivity index (χ1) is 24.7. The van der Waals surface area contributed by atoms with Crippen molar-refractivity contribution in [1.29, 1.82) is 0 Å². The number of rotatable bonds is 5. The summed E-state index contributed by atoms with van der Waals surface area (Å²) < 4.78 is 12.5. The minimum absolute atomic E-state index is 0.331. The van der Waals surface area contributed by atoms with Crippen molar-refractivity contribution in [3.05, 3.63) is 180 Å². The van der Waals surface area contributed by atoms with Gasteiger partial charge in [-0.15, -0.1) is 0 Å². The van der Waals surface area contributed by atoms with Crippen LogP contribution in [0.25, 0.3) is 66.1 Å². The van der Waals surface area contributed by atoms with E-state index >= 15 is 0 Å². The van der Waals surface area contributed by atoms with Crippen molar-refractivity contribution >= 4 is 55.5 Å². The van der Waals surface area contributed by atoms with Crippen molar-refractivity contribution in [3.63, 3.8) is 0 Å². The number of furan rings is 2. The van der Waals surface area contributed by atoms with Gasteiger partial charge >= 0.3 is 0 Å². The molecule has 2 aromatic heterocycles. The highest BCUT2D eigenvalue weighted by molar-refractivity contribution is 6.22. The lowest BCUT2D eigenvalue weighted by atomic mass is 9.99. The second-order valence-electron chi connectivity index (χ2n) is 12.6. The Morgan fingerprint density at radius 1 is 0.440 bits per heavy atom. The molecule has 1 atom stereocenters. The Hall–Kier alpha value is -6.72. The van der Waals surface area contributed by atoms with Crippen molar-refractivity contribution < 1.29 is 8.83 Å². The highest BCUT2D eigenvalue weighted by atomic mass is 16.3. The number of hydrogen-bond acceptors (Lipinski definition) is 5. The van der Waals surface area contributed by atoms with E-state index in [1.54, 1.807) is 0 Å². The van der Waals surface area contributed by atoms with Gasteiger partial charge in [-0.1, -0.05) is 127 Å². The zero-order valence-electron chi connectivity index (χ0n) is 26.9. The van der Waals surface area contributed by atoms with Crippen LogP contribution in [0.5, 0.6) is 0 Å². The molecule has 0 saturated heterocycles. The molecule has 1 aliphatic rings. The van der Waals surface area contributed by atoms with Crippen LogP contribution in [0.3, 0.4) is 0 Å². The molecule has 0 spiro atoms. The molecular weight excluding hydrogens is 615 g/mol. The van der Waals surface area contributed by atoms with Crippen LogP contribution in [0.4, 0.5) is 0 Å². The number of aliphatic imine (C=N–C) groups is 2. The third-order valence-electron chi connectivity index (χ3n) is 9.57. The third kappa shape index (κ3) is 4.79. The fourth-order valence-corrected chi connectivity index (χ4v) is 7.07. The Balaban J connectivity index is 1.11. The van der Waals surface area contributed by atoms with E-state index in [0.717, 1.165) is 83.1 Å². The standard InChI is InChI=1S/C45H29N3O2/c1-3-10-28(11-4-1)29-18-20-31(21-19-29)44-46-43(30-12-5-2-6-13-30)47-45(48-44)35-15-9-17-41-42(35)37-27-33(23-25-40(37)50-41)32-22-24-39-36(26-32)34-14-7-8-16-38(34)49-39/h1-27,44H,(H,46,47,48). The molecule has 10 rings (SSSR count). The smallest absolute Gasteiger partial charge is 0.160 e. The van der Waals surface area contributed by atoms with E-state index < -0.39 is 0 Å². The Labute approximate surface area is 287 Å². The lowest BCUT2D eigenvalue weighted by Gasteiger charge is -2.24. The number of para-hydroxylation sites is 1. The summed E-state index contributed by atoms with van der Waals surface area (Å²) in [6.45, 7) is 0. The average Bonchev–Trinajstić information content (AvgIpc) is 3.76. The molecule has 7 aromatic carbocycles. The fraction of sp³-hybridized carbons (Fsp3) is 0.0222. The summed E-state index contributed by atoms with van der Waals surface area (Å²) in [7, 11) is 0. The van der Waals surface area contributed by atoms with Crippen molar-refractivity contribution in [3.8, 4) is 22.3 Å². The maximum atomic E-state index is 6.43. The average molecular weight is 644 g/mol. The van der Waals surface area contributed by atoms with Gasteiger partial charge in [0, 0.05) is 32.7 Å². The molecule has 3 heterocycles. The SMILES string of the molecule is c1ccc(C2=NC(c3cccc4oc5ccc(-c6ccc7oc8ccccc8c7c6)cc5c34)=NC(c3ccc(-c4ccccc4)cc3)N2)cc1. The van der Waals surface area contributed by atoms with Gasteiger partial charge in [0.15, 0.2) is 5.84 Å². The highest BCUT2D eigenvalue weighted by Gasteiger charge is 2.24. The van der Waals surface area contributed by atoms with Gasteiger partial charge in [0.05, 0.1) is 0 Å². The Morgan fingerprint density at radius 3 is 1.80 bits per heavy atom. The van der Waals surface area contributed by atoms with Gasteiger partial charge in [-0.3, -0.25) is 0 Å². The molecule has 5 heteroatoms. The predicted octanol–water partition coefficient (Wildman–Crippen LogP) is 11.3. The van der Waals surface area contributed by atoms with Crippen LogP contribution in [0.15, 0.2) is 183 Å². The maximum absolute atomic E-state index is 6.43. The lowest BCUT2D eigenvalue weighted by molar-refractivity contribution is 0.668. The summed E-state index contributed by atoms with van der Waals surface area (Å²) >= 11 is 0. The normalized spacial score (nSPS) is 14.6. The summed E-state index contributed by atoms with van der Waals surface area (Å²) in [5.74, 6) is 1.43. The topological polar surface area (TPSA) is 63.0 Å². The number of fused-ring (bicyclic) bond motifs is 6. The first-order valence-electron chi connectivity index (χ1n) is 16.8. The van der Waals surface area contributed by atoms with E-state index in [1.807, 2.05) is 48.5 Å². The first kappa shape index (κ1) is 28.3. The summed E-state index contributed by atoms with van der Waals surface area (Å²) in [4.78, 5) is 10.4. The van der Waals surface area contributed by atoms with Gasteiger partial charge in [-0.2, -0.15) is 0 Å². The number of amidine groups is 2. The van der Waals surface area contributed by atoms with E-state index in [1.165, 1.54) is 5.56 Å². The minimum atomic E-state index is -0.331. The molecule has 0 saturated carbocycles. The molecule has 9 aromatic rings. The molecule has 0 amide bonds. The molecule has 1 N–H and O–H groups in total. The molecule has 1 unspecified atom stereocenters. The van der Waals surface area contributed by atoms with Crippen LogP contribution in [0.2, 0.25) is 0 Å². The van der Waals surface area contributed by atoms with Crippen LogP contribution in [0, 0.1) is 0 Å². The monoisotopic (exact) mass is 643 g/mol. The summed E-state index contributed by atoms with van der Waals surface area (Å²) in [6.07, 6.45) is -0.331. The van der Waals surface area contributed by atoms with Gasteiger partial charge in [0.2, 0.25) is 0 Å². The van der Waals surface area contributed by atoms with E-state index in [9.17, 15) is 0 Å². The molecule has 0 bridgehead atoms. The maximum Gasteiger partial charge on any atom is 0.160 e. The van der Waals surface area contributed by atoms with Crippen LogP contribution in [0.1, 0.15) is 22.9 Å². The second-order valence-corrected chi connectivity index (χ2v) is 12.6. The molecule has 236 valence electrons. The van der Waals surface area contributed by atoms with Crippen molar-refractivity contribution in [2.75, 3.05) is 0 Å². The quantitative estimate of drug-likeness (QED) is 0.203. The third-order valence-corrected chi connectivity index (χ3v) is 9.57. The van der Waals surface area contributed by atoms with Gasteiger partial charge in [-0.25, -0.2) is 9.98 Å². The van der Waals surface area contributed by atoms with Gasteiger partial charge < -0.3 is 14.2 Å². The molecule has 0 radical (unpaired) electrons. The number of hydrogen-bond donors (Lipinski definition) is 1. The number of nitrogens with one attached hydrogen (secondary N) is 1. The van der Waals surface area contributed by atoms with Gasteiger partial charge in [0.1, 0.15) is 34.3 Å². The molecule has 1 aliphatic heterocycles.